The van der Waals surface area contributed by atoms with Crippen LogP contribution in [0.3, 0.4) is 0 Å². The number of fused-ring (bicyclic) bond motifs is 1. The number of likely N-dealkylation sites (tertiary alicyclic amines) is 1. The second-order valence-electron chi connectivity index (χ2n) is 8.02. The largest absolute Gasteiger partial charge is 0.393 e. The van der Waals surface area contributed by atoms with Crippen molar-refractivity contribution in [2.45, 2.75) is 45.4 Å². The van der Waals surface area contributed by atoms with Crippen molar-refractivity contribution in [2.75, 3.05) is 31.1 Å². The van der Waals surface area contributed by atoms with Crippen LogP contribution in [0.2, 0.25) is 0 Å². The summed E-state index contributed by atoms with van der Waals surface area (Å²) in [5, 5.41) is 13.1. The molecule has 1 saturated heterocycles. The van der Waals surface area contributed by atoms with Gasteiger partial charge >= 0.3 is 0 Å². The van der Waals surface area contributed by atoms with Crippen molar-refractivity contribution >= 4 is 11.6 Å². The van der Waals surface area contributed by atoms with Crippen LogP contribution in [0, 0.1) is 0 Å². The maximum absolute atomic E-state index is 9.66. The van der Waals surface area contributed by atoms with Crippen LogP contribution in [0.4, 0.5) is 5.69 Å². The van der Waals surface area contributed by atoms with E-state index in [2.05, 4.69) is 70.6 Å². The lowest BCUT2D eigenvalue weighted by molar-refractivity contribution is 0.0792. The van der Waals surface area contributed by atoms with Crippen LogP contribution in [0.15, 0.2) is 53.5 Å². The lowest BCUT2D eigenvalue weighted by Gasteiger charge is -2.29. The molecule has 2 heterocycles. The van der Waals surface area contributed by atoms with Gasteiger partial charge in [0.25, 0.3) is 0 Å². The number of aliphatic hydroxyl groups excluding tert-OH is 1. The van der Waals surface area contributed by atoms with Crippen LogP contribution in [0.25, 0.3) is 0 Å². The van der Waals surface area contributed by atoms with E-state index in [4.69, 9.17) is 4.99 Å². The second kappa shape index (κ2) is 9.42. The Morgan fingerprint density at radius 2 is 1.76 bits per heavy atom. The van der Waals surface area contributed by atoms with Crippen molar-refractivity contribution in [2.24, 2.45) is 4.99 Å². The SMILES string of the molecule is CCNC(=NCc1ccc(CN2CCC(O)CC2)cc1)N1CCc2ccccc21. The molecule has 0 spiro atoms. The Bertz CT molecular complexity index is 825. The van der Waals surface area contributed by atoms with Crippen molar-refractivity contribution in [3.63, 3.8) is 0 Å². The van der Waals surface area contributed by atoms with Crippen LogP contribution in [0.1, 0.15) is 36.5 Å². The molecule has 0 atom stereocenters. The number of hydrogen-bond acceptors (Lipinski definition) is 3. The van der Waals surface area contributed by atoms with E-state index in [1.54, 1.807) is 0 Å². The summed E-state index contributed by atoms with van der Waals surface area (Å²) >= 11 is 0. The standard InChI is InChI=1S/C24H32N4O/c1-2-25-24(28-16-11-21-5-3-4-6-23(21)28)26-17-19-7-9-20(10-8-19)18-27-14-12-22(29)13-15-27/h3-10,22,29H,2,11-18H2,1H3,(H,25,26). The summed E-state index contributed by atoms with van der Waals surface area (Å²) in [6.07, 6.45) is 2.74. The van der Waals surface area contributed by atoms with E-state index in [0.717, 1.165) is 57.9 Å². The van der Waals surface area contributed by atoms with Gasteiger partial charge < -0.3 is 15.3 Å². The molecule has 0 bridgehead atoms. The van der Waals surface area contributed by atoms with Gasteiger partial charge in [-0.3, -0.25) is 4.90 Å². The summed E-state index contributed by atoms with van der Waals surface area (Å²) in [7, 11) is 0. The van der Waals surface area contributed by atoms with Gasteiger partial charge in [-0.15, -0.1) is 0 Å². The Kier molecular flexibility index (Phi) is 6.47. The maximum atomic E-state index is 9.66. The number of anilines is 1. The number of aliphatic hydroxyl groups is 1. The monoisotopic (exact) mass is 392 g/mol. The summed E-state index contributed by atoms with van der Waals surface area (Å²) < 4.78 is 0. The third-order valence-corrected chi connectivity index (χ3v) is 5.88. The number of guanidine groups is 1. The highest BCUT2D eigenvalue weighted by Crippen LogP contribution is 2.27. The fraction of sp³-hybridized carbons (Fsp3) is 0.458. The Morgan fingerprint density at radius 3 is 2.52 bits per heavy atom. The number of piperidine rings is 1. The number of nitrogens with one attached hydrogen (secondary N) is 1. The number of para-hydroxylation sites is 1. The summed E-state index contributed by atoms with van der Waals surface area (Å²) in [6, 6.07) is 17.4. The Labute approximate surface area is 174 Å². The first kappa shape index (κ1) is 19.9. The fourth-order valence-electron chi connectivity index (χ4n) is 4.20. The van der Waals surface area contributed by atoms with Crippen LogP contribution in [-0.4, -0.2) is 48.2 Å². The molecule has 0 aromatic heterocycles. The van der Waals surface area contributed by atoms with E-state index in [1.807, 2.05) is 0 Å². The minimum absolute atomic E-state index is 0.111. The predicted molar refractivity (Wildman–Crippen MR) is 119 cm³/mol. The van der Waals surface area contributed by atoms with E-state index in [-0.39, 0.29) is 6.10 Å². The molecular weight excluding hydrogens is 360 g/mol. The molecule has 5 heteroatoms. The third kappa shape index (κ3) is 4.98. The first-order valence-electron chi connectivity index (χ1n) is 10.8. The molecule has 154 valence electrons. The molecule has 2 aliphatic rings. The van der Waals surface area contributed by atoms with Crippen molar-refractivity contribution < 1.29 is 5.11 Å². The molecule has 0 saturated carbocycles. The summed E-state index contributed by atoms with van der Waals surface area (Å²) in [5.74, 6) is 0.966. The molecule has 5 nitrogen and oxygen atoms in total. The average molecular weight is 393 g/mol. The smallest absolute Gasteiger partial charge is 0.198 e. The number of benzene rings is 2. The van der Waals surface area contributed by atoms with Crippen molar-refractivity contribution in [1.82, 2.24) is 10.2 Å². The van der Waals surface area contributed by atoms with Gasteiger partial charge in [0, 0.05) is 38.4 Å². The average Bonchev–Trinajstić information content (AvgIpc) is 3.18. The molecule has 29 heavy (non-hydrogen) atoms. The first-order chi connectivity index (χ1) is 14.2. The normalized spacial score (nSPS) is 18.1. The quantitative estimate of drug-likeness (QED) is 0.606. The molecule has 2 aliphatic heterocycles. The highest BCUT2D eigenvalue weighted by molar-refractivity contribution is 5.97. The lowest BCUT2D eigenvalue weighted by Crippen LogP contribution is -2.40. The minimum atomic E-state index is -0.111. The summed E-state index contributed by atoms with van der Waals surface area (Å²) in [5.41, 5.74) is 5.22. The molecule has 0 aliphatic carbocycles. The van der Waals surface area contributed by atoms with E-state index in [0.29, 0.717) is 6.54 Å². The molecule has 2 N–H and O–H groups in total. The predicted octanol–water partition coefficient (Wildman–Crippen LogP) is 3.17. The Balaban J connectivity index is 1.39. The summed E-state index contributed by atoms with van der Waals surface area (Å²) in [4.78, 5) is 9.64. The maximum Gasteiger partial charge on any atom is 0.198 e. The molecule has 1 fully saturated rings. The van der Waals surface area contributed by atoms with Gasteiger partial charge in [0.2, 0.25) is 0 Å². The van der Waals surface area contributed by atoms with Crippen LogP contribution in [0.5, 0.6) is 0 Å². The zero-order valence-electron chi connectivity index (χ0n) is 17.3. The number of hydrogen-bond donors (Lipinski definition) is 2. The number of aliphatic imine (C=N–C) groups is 1. The van der Waals surface area contributed by atoms with Gasteiger partial charge in [0.1, 0.15) is 0 Å². The lowest BCUT2D eigenvalue weighted by atomic mass is 10.1. The molecular formula is C24H32N4O. The van der Waals surface area contributed by atoms with Gasteiger partial charge in [-0.1, -0.05) is 42.5 Å². The molecule has 4 rings (SSSR count). The molecule has 0 radical (unpaired) electrons. The van der Waals surface area contributed by atoms with Crippen molar-refractivity contribution in [3.8, 4) is 0 Å². The number of rotatable bonds is 5. The van der Waals surface area contributed by atoms with Gasteiger partial charge in [0.15, 0.2) is 5.96 Å². The Hall–Kier alpha value is -2.37. The van der Waals surface area contributed by atoms with E-state index in [9.17, 15) is 5.11 Å². The van der Waals surface area contributed by atoms with E-state index < -0.39 is 0 Å². The van der Waals surface area contributed by atoms with Gasteiger partial charge in [0.05, 0.1) is 12.6 Å². The fourth-order valence-corrected chi connectivity index (χ4v) is 4.20. The summed E-state index contributed by atoms with van der Waals surface area (Å²) in [6.45, 7) is 7.56. The third-order valence-electron chi connectivity index (χ3n) is 5.88. The number of nitrogens with zero attached hydrogens (tertiary/aromatic N) is 3. The topological polar surface area (TPSA) is 51.1 Å². The van der Waals surface area contributed by atoms with Gasteiger partial charge in [-0.25, -0.2) is 4.99 Å². The Morgan fingerprint density at radius 1 is 1.03 bits per heavy atom. The molecule has 0 amide bonds. The molecule has 2 aromatic rings. The van der Waals surface area contributed by atoms with Gasteiger partial charge in [-0.2, -0.15) is 0 Å². The second-order valence-corrected chi connectivity index (χ2v) is 8.02. The van der Waals surface area contributed by atoms with E-state index >= 15 is 0 Å². The van der Waals surface area contributed by atoms with Gasteiger partial charge in [-0.05, 0) is 48.9 Å². The molecule has 2 aromatic carbocycles. The van der Waals surface area contributed by atoms with Crippen LogP contribution < -0.4 is 10.2 Å². The zero-order chi connectivity index (χ0) is 20.1. The minimum Gasteiger partial charge on any atom is -0.393 e. The highest BCUT2D eigenvalue weighted by atomic mass is 16.3. The van der Waals surface area contributed by atoms with E-state index in [1.165, 1.54) is 22.4 Å². The van der Waals surface area contributed by atoms with Crippen molar-refractivity contribution in [3.05, 3.63) is 65.2 Å². The van der Waals surface area contributed by atoms with Crippen LogP contribution in [-0.2, 0) is 19.5 Å². The highest BCUT2D eigenvalue weighted by Gasteiger charge is 2.22. The van der Waals surface area contributed by atoms with Crippen molar-refractivity contribution in [1.29, 1.82) is 0 Å². The molecule has 0 unspecified atom stereocenters. The first-order valence-corrected chi connectivity index (χ1v) is 10.8. The zero-order valence-corrected chi connectivity index (χ0v) is 17.3. The van der Waals surface area contributed by atoms with Crippen LogP contribution >= 0.6 is 0 Å².